The van der Waals surface area contributed by atoms with Gasteiger partial charge in [-0.05, 0) is 39.2 Å². The first kappa shape index (κ1) is 14.5. The zero-order chi connectivity index (χ0) is 12.7. The lowest BCUT2D eigenvalue weighted by Gasteiger charge is -2.27. The van der Waals surface area contributed by atoms with E-state index in [0.717, 1.165) is 19.5 Å². The largest absolute Gasteiger partial charge is 0.369 e. The van der Waals surface area contributed by atoms with Gasteiger partial charge in [-0.15, -0.1) is 0 Å². The highest BCUT2D eigenvalue weighted by Crippen LogP contribution is 2.14. The molecule has 4 nitrogen and oxygen atoms in total. The SMILES string of the molecule is CCC(C)(OC)C(=O)NCCC1CCCCN1. The lowest BCUT2D eigenvalue weighted by molar-refractivity contribution is -0.141. The molecule has 1 aliphatic rings. The van der Waals surface area contributed by atoms with Crippen LogP contribution in [0.5, 0.6) is 0 Å². The van der Waals surface area contributed by atoms with E-state index in [1.54, 1.807) is 7.11 Å². The van der Waals surface area contributed by atoms with E-state index < -0.39 is 5.60 Å². The van der Waals surface area contributed by atoms with Crippen LogP contribution in [-0.2, 0) is 9.53 Å². The zero-order valence-electron chi connectivity index (χ0n) is 11.3. The van der Waals surface area contributed by atoms with E-state index in [-0.39, 0.29) is 5.91 Å². The number of hydrogen-bond acceptors (Lipinski definition) is 3. The number of carbonyl (C=O) groups is 1. The second-order valence-corrected chi connectivity index (χ2v) is 4.98. The van der Waals surface area contributed by atoms with Gasteiger partial charge in [0.05, 0.1) is 0 Å². The predicted molar refractivity (Wildman–Crippen MR) is 69.0 cm³/mol. The molecule has 1 amide bonds. The Bertz CT molecular complexity index is 234. The minimum atomic E-state index is -0.681. The van der Waals surface area contributed by atoms with Gasteiger partial charge < -0.3 is 15.4 Å². The Hall–Kier alpha value is -0.610. The van der Waals surface area contributed by atoms with Crippen LogP contribution in [0.25, 0.3) is 0 Å². The van der Waals surface area contributed by atoms with Crippen LogP contribution >= 0.6 is 0 Å². The molecular formula is C13H26N2O2. The first-order valence-electron chi connectivity index (χ1n) is 6.69. The van der Waals surface area contributed by atoms with Gasteiger partial charge in [-0.25, -0.2) is 0 Å². The average Bonchev–Trinajstić information content (AvgIpc) is 2.39. The molecule has 1 rings (SSSR count). The van der Waals surface area contributed by atoms with Crippen molar-refractivity contribution in [3.05, 3.63) is 0 Å². The van der Waals surface area contributed by atoms with E-state index in [1.165, 1.54) is 19.3 Å². The molecule has 0 saturated carbocycles. The summed E-state index contributed by atoms with van der Waals surface area (Å²) in [5, 5.41) is 6.45. The summed E-state index contributed by atoms with van der Waals surface area (Å²) in [4.78, 5) is 11.9. The van der Waals surface area contributed by atoms with Crippen LogP contribution in [0.1, 0.15) is 46.0 Å². The van der Waals surface area contributed by atoms with Crippen LogP contribution in [0.4, 0.5) is 0 Å². The lowest BCUT2D eigenvalue weighted by Crippen LogP contribution is -2.47. The third-order valence-corrected chi connectivity index (χ3v) is 3.80. The minimum Gasteiger partial charge on any atom is -0.369 e. The molecule has 1 aliphatic heterocycles. The van der Waals surface area contributed by atoms with E-state index in [0.29, 0.717) is 12.5 Å². The van der Waals surface area contributed by atoms with E-state index in [4.69, 9.17) is 4.74 Å². The van der Waals surface area contributed by atoms with E-state index in [1.807, 2.05) is 13.8 Å². The number of hydrogen-bond donors (Lipinski definition) is 2. The van der Waals surface area contributed by atoms with Crippen LogP contribution in [0, 0.1) is 0 Å². The number of carbonyl (C=O) groups excluding carboxylic acids is 1. The van der Waals surface area contributed by atoms with Gasteiger partial charge in [-0.3, -0.25) is 4.79 Å². The fourth-order valence-corrected chi connectivity index (χ4v) is 2.11. The zero-order valence-corrected chi connectivity index (χ0v) is 11.3. The third-order valence-electron chi connectivity index (χ3n) is 3.80. The van der Waals surface area contributed by atoms with Crippen LogP contribution in [0.2, 0.25) is 0 Å². The van der Waals surface area contributed by atoms with E-state index >= 15 is 0 Å². The molecule has 2 unspecified atom stereocenters. The summed E-state index contributed by atoms with van der Waals surface area (Å²) in [6.07, 6.45) is 5.51. The second-order valence-electron chi connectivity index (χ2n) is 4.98. The molecule has 17 heavy (non-hydrogen) atoms. The van der Waals surface area contributed by atoms with Crippen molar-refractivity contribution in [2.75, 3.05) is 20.2 Å². The summed E-state index contributed by atoms with van der Waals surface area (Å²) >= 11 is 0. The first-order chi connectivity index (χ1) is 8.12. The Kier molecular flexibility index (Phi) is 5.92. The predicted octanol–water partition coefficient (Wildman–Crippen LogP) is 1.45. The number of methoxy groups -OCH3 is 1. The Morgan fingerprint density at radius 1 is 1.53 bits per heavy atom. The van der Waals surface area contributed by atoms with Gasteiger partial charge in [0.1, 0.15) is 5.60 Å². The number of ether oxygens (including phenoxy) is 1. The summed E-state index contributed by atoms with van der Waals surface area (Å²) < 4.78 is 5.26. The summed E-state index contributed by atoms with van der Waals surface area (Å²) in [5.74, 6) is -0.00157. The fraction of sp³-hybridized carbons (Fsp3) is 0.923. The molecule has 1 saturated heterocycles. The van der Waals surface area contributed by atoms with Crippen LogP contribution in [-0.4, -0.2) is 37.7 Å². The van der Waals surface area contributed by atoms with Crippen LogP contribution in [0.15, 0.2) is 0 Å². The van der Waals surface area contributed by atoms with Gasteiger partial charge in [0.25, 0.3) is 5.91 Å². The van der Waals surface area contributed by atoms with Crippen LogP contribution in [0.3, 0.4) is 0 Å². The van der Waals surface area contributed by atoms with Crippen molar-refractivity contribution >= 4 is 5.91 Å². The normalized spacial score (nSPS) is 24.1. The molecule has 4 heteroatoms. The number of rotatable bonds is 6. The van der Waals surface area contributed by atoms with Gasteiger partial charge in [-0.2, -0.15) is 0 Å². The monoisotopic (exact) mass is 242 g/mol. The van der Waals surface area contributed by atoms with Gasteiger partial charge >= 0.3 is 0 Å². The molecule has 100 valence electrons. The molecule has 0 bridgehead atoms. The smallest absolute Gasteiger partial charge is 0.251 e. The summed E-state index contributed by atoms with van der Waals surface area (Å²) in [5.41, 5.74) is -0.681. The fourth-order valence-electron chi connectivity index (χ4n) is 2.11. The maximum absolute atomic E-state index is 11.9. The first-order valence-corrected chi connectivity index (χ1v) is 6.69. The minimum absolute atomic E-state index is 0.00157. The molecule has 1 heterocycles. The molecule has 0 aliphatic carbocycles. The Balaban J connectivity index is 2.23. The van der Waals surface area contributed by atoms with Crippen LogP contribution < -0.4 is 10.6 Å². The molecule has 1 fully saturated rings. The number of piperidine rings is 1. The van der Waals surface area contributed by atoms with Gasteiger partial charge in [0.15, 0.2) is 0 Å². The third kappa shape index (κ3) is 4.28. The quantitative estimate of drug-likeness (QED) is 0.741. The summed E-state index contributed by atoms with van der Waals surface area (Å²) in [6.45, 7) is 5.64. The highest BCUT2D eigenvalue weighted by molar-refractivity contribution is 5.84. The topological polar surface area (TPSA) is 50.4 Å². The van der Waals surface area contributed by atoms with Crippen molar-refractivity contribution < 1.29 is 9.53 Å². The van der Waals surface area contributed by atoms with Crippen molar-refractivity contribution in [2.24, 2.45) is 0 Å². The molecule has 0 aromatic heterocycles. The highest BCUT2D eigenvalue weighted by Gasteiger charge is 2.30. The summed E-state index contributed by atoms with van der Waals surface area (Å²) in [6, 6.07) is 0.569. The van der Waals surface area contributed by atoms with Crippen molar-refractivity contribution in [1.82, 2.24) is 10.6 Å². The molecule has 0 aromatic carbocycles. The molecular weight excluding hydrogens is 216 g/mol. The van der Waals surface area contributed by atoms with Gasteiger partial charge in [-0.1, -0.05) is 13.3 Å². The summed E-state index contributed by atoms with van der Waals surface area (Å²) in [7, 11) is 1.59. The van der Waals surface area contributed by atoms with E-state index in [9.17, 15) is 4.79 Å². The number of nitrogens with one attached hydrogen (secondary N) is 2. The van der Waals surface area contributed by atoms with Crippen molar-refractivity contribution in [3.8, 4) is 0 Å². The molecule has 2 N–H and O–H groups in total. The Morgan fingerprint density at radius 3 is 2.82 bits per heavy atom. The van der Waals surface area contributed by atoms with Gasteiger partial charge in [0, 0.05) is 19.7 Å². The Labute approximate surface area is 104 Å². The van der Waals surface area contributed by atoms with Crippen molar-refractivity contribution in [3.63, 3.8) is 0 Å². The maximum atomic E-state index is 11.9. The molecule has 0 spiro atoms. The second kappa shape index (κ2) is 6.97. The molecule has 0 aromatic rings. The standard InChI is InChI=1S/C13H26N2O2/c1-4-13(2,17-3)12(16)15-10-8-11-7-5-6-9-14-11/h11,14H,4-10H2,1-3H3,(H,15,16). The highest BCUT2D eigenvalue weighted by atomic mass is 16.5. The Morgan fingerprint density at radius 2 is 2.29 bits per heavy atom. The maximum Gasteiger partial charge on any atom is 0.251 e. The van der Waals surface area contributed by atoms with Crippen molar-refractivity contribution in [2.45, 2.75) is 57.6 Å². The van der Waals surface area contributed by atoms with Crippen molar-refractivity contribution in [1.29, 1.82) is 0 Å². The van der Waals surface area contributed by atoms with E-state index in [2.05, 4.69) is 10.6 Å². The lowest BCUT2D eigenvalue weighted by atomic mass is 10.0. The molecule has 0 radical (unpaired) electrons. The average molecular weight is 242 g/mol. The molecule has 2 atom stereocenters. The van der Waals surface area contributed by atoms with Gasteiger partial charge in [0.2, 0.25) is 0 Å². The number of amides is 1.